The lowest BCUT2D eigenvalue weighted by molar-refractivity contribution is -0.124. The minimum atomic E-state index is -3.61. The maximum Gasteiger partial charge on any atom is 0.243 e. The highest BCUT2D eigenvalue weighted by molar-refractivity contribution is 7.89. The first-order chi connectivity index (χ1) is 11.6. The van der Waals surface area contributed by atoms with E-state index >= 15 is 0 Å². The van der Waals surface area contributed by atoms with Gasteiger partial charge in [-0.2, -0.15) is 4.31 Å². The molecular formula is C17H25N3O3S. The van der Waals surface area contributed by atoms with Crippen LogP contribution in [-0.2, 0) is 14.8 Å². The topological polar surface area (TPSA) is 78.5 Å². The van der Waals surface area contributed by atoms with E-state index in [4.69, 9.17) is 0 Å². The van der Waals surface area contributed by atoms with Crippen LogP contribution >= 0.6 is 0 Å². The molecule has 2 unspecified atom stereocenters. The van der Waals surface area contributed by atoms with E-state index in [1.165, 1.54) is 4.31 Å². The third-order valence-electron chi connectivity index (χ3n) is 4.87. The van der Waals surface area contributed by atoms with E-state index in [9.17, 15) is 13.2 Å². The zero-order valence-electron chi connectivity index (χ0n) is 13.8. The number of hydrogen-bond donors (Lipinski definition) is 2. The summed E-state index contributed by atoms with van der Waals surface area (Å²) in [5.41, 5.74) is 0. The molecule has 2 N–H and O–H groups in total. The number of hydrogen-bond acceptors (Lipinski definition) is 4. The van der Waals surface area contributed by atoms with Gasteiger partial charge in [0.1, 0.15) is 6.04 Å². The van der Waals surface area contributed by atoms with E-state index in [2.05, 4.69) is 10.6 Å². The van der Waals surface area contributed by atoms with Gasteiger partial charge in [-0.3, -0.25) is 4.79 Å². The Morgan fingerprint density at radius 3 is 2.75 bits per heavy atom. The van der Waals surface area contributed by atoms with Crippen molar-refractivity contribution in [2.75, 3.05) is 26.2 Å². The number of carbonyl (C=O) groups excluding carboxylic acids is 1. The van der Waals surface area contributed by atoms with Crippen molar-refractivity contribution in [1.29, 1.82) is 0 Å². The van der Waals surface area contributed by atoms with E-state index in [0.29, 0.717) is 25.4 Å². The Hall–Kier alpha value is -1.44. The van der Waals surface area contributed by atoms with Crippen LogP contribution in [-0.4, -0.2) is 50.9 Å². The summed E-state index contributed by atoms with van der Waals surface area (Å²) in [6, 6.07) is 7.76. The quantitative estimate of drug-likeness (QED) is 0.800. The Kier molecular flexibility index (Phi) is 5.53. The van der Waals surface area contributed by atoms with Gasteiger partial charge < -0.3 is 10.6 Å². The number of amides is 1. The van der Waals surface area contributed by atoms with Crippen LogP contribution in [0.5, 0.6) is 0 Å². The Labute approximate surface area is 143 Å². The molecule has 24 heavy (non-hydrogen) atoms. The van der Waals surface area contributed by atoms with E-state index in [1.54, 1.807) is 30.3 Å². The Morgan fingerprint density at radius 2 is 2.04 bits per heavy atom. The molecule has 1 amide bonds. The molecule has 0 saturated carbocycles. The van der Waals surface area contributed by atoms with Gasteiger partial charge in [0.15, 0.2) is 0 Å². The standard InChI is InChI=1S/C17H25N3O3S/c21-17(19-11-9-14-8-10-18-13-14)16-7-4-12-20(16)24(22,23)15-5-2-1-3-6-15/h1-3,5-6,14,16,18H,4,7-13H2,(H,19,21). The van der Waals surface area contributed by atoms with Gasteiger partial charge in [-0.1, -0.05) is 18.2 Å². The maximum atomic E-state index is 12.8. The smallest absolute Gasteiger partial charge is 0.243 e. The molecule has 0 radical (unpaired) electrons. The summed E-state index contributed by atoms with van der Waals surface area (Å²) in [5, 5.41) is 6.24. The summed E-state index contributed by atoms with van der Waals surface area (Å²) in [4.78, 5) is 12.7. The highest BCUT2D eigenvalue weighted by Crippen LogP contribution is 2.26. The molecule has 2 aliphatic rings. The van der Waals surface area contributed by atoms with Gasteiger partial charge in [-0.15, -0.1) is 0 Å². The van der Waals surface area contributed by atoms with Crippen molar-refractivity contribution in [1.82, 2.24) is 14.9 Å². The second-order valence-electron chi connectivity index (χ2n) is 6.53. The predicted octanol–water partition coefficient (Wildman–Crippen LogP) is 0.956. The molecule has 1 aromatic rings. The number of carbonyl (C=O) groups is 1. The van der Waals surface area contributed by atoms with Gasteiger partial charge in [-0.25, -0.2) is 8.42 Å². The summed E-state index contributed by atoms with van der Waals surface area (Å²) >= 11 is 0. The average molecular weight is 351 g/mol. The molecule has 6 nitrogen and oxygen atoms in total. The van der Waals surface area contributed by atoms with Gasteiger partial charge in [0, 0.05) is 13.1 Å². The van der Waals surface area contributed by atoms with E-state index in [1.807, 2.05) is 0 Å². The molecule has 132 valence electrons. The van der Waals surface area contributed by atoms with Crippen molar-refractivity contribution >= 4 is 15.9 Å². The normalized spacial score (nSPS) is 25.0. The largest absolute Gasteiger partial charge is 0.355 e. The Morgan fingerprint density at radius 1 is 1.25 bits per heavy atom. The third-order valence-corrected chi connectivity index (χ3v) is 6.79. The van der Waals surface area contributed by atoms with E-state index in [0.717, 1.165) is 32.4 Å². The molecular weight excluding hydrogens is 326 g/mol. The zero-order chi connectivity index (χ0) is 17.0. The number of benzene rings is 1. The lowest BCUT2D eigenvalue weighted by Gasteiger charge is -2.23. The first kappa shape index (κ1) is 17.4. The lowest BCUT2D eigenvalue weighted by Crippen LogP contribution is -2.46. The fourth-order valence-corrected chi connectivity index (χ4v) is 5.17. The summed E-state index contributed by atoms with van der Waals surface area (Å²) < 4.78 is 26.9. The summed E-state index contributed by atoms with van der Waals surface area (Å²) in [7, 11) is -3.61. The Bertz CT molecular complexity index is 657. The molecule has 2 aliphatic heterocycles. The number of nitrogens with zero attached hydrogens (tertiary/aromatic N) is 1. The lowest BCUT2D eigenvalue weighted by atomic mass is 10.1. The summed E-state index contributed by atoms with van der Waals surface area (Å²) in [6.45, 7) is 3.07. The van der Waals surface area contributed by atoms with Crippen LogP contribution in [0.3, 0.4) is 0 Å². The second kappa shape index (κ2) is 7.63. The van der Waals surface area contributed by atoms with Crippen LogP contribution in [0.25, 0.3) is 0 Å². The molecule has 1 aromatic carbocycles. The first-order valence-electron chi connectivity index (χ1n) is 8.64. The molecule has 3 rings (SSSR count). The minimum absolute atomic E-state index is 0.169. The average Bonchev–Trinajstić information content (AvgIpc) is 3.27. The predicted molar refractivity (Wildman–Crippen MR) is 92.0 cm³/mol. The molecule has 0 aliphatic carbocycles. The Balaban J connectivity index is 1.61. The molecule has 2 heterocycles. The highest BCUT2D eigenvalue weighted by Gasteiger charge is 2.39. The summed E-state index contributed by atoms with van der Waals surface area (Å²) in [5.74, 6) is 0.441. The fourth-order valence-electron chi connectivity index (χ4n) is 3.50. The molecule has 0 spiro atoms. The van der Waals surface area contributed by atoms with Crippen molar-refractivity contribution < 1.29 is 13.2 Å². The number of rotatable bonds is 6. The first-order valence-corrected chi connectivity index (χ1v) is 10.1. The van der Waals surface area contributed by atoms with Gasteiger partial charge >= 0.3 is 0 Å². The van der Waals surface area contributed by atoms with Gasteiger partial charge in [0.05, 0.1) is 4.90 Å². The van der Waals surface area contributed by atoms with Crippen molar-refractivity contribution in [3.8, 4) is 0 Å². The summed E-state index contributed by atoms with van der Waals surface area (Å²) in [6.07, 6.45) is 3.39. The van der Waals surface area contributed by atoms with Crippen LogP contribution in [0, 0.1) is 5.92 Å². The second-order valence-corrected chi connectivity index (χ2v) is 8.42. The van der Waals surface area contributed by atoms with Gasteiger partial charge in [-0.05, 0) is 56.8 Å². The highest BCUT2D eigenvalue weighted by atomic mass is 32.2. The van der Waals surface area contributed by atoms with Crippen LogP contribution in [0.4, 0.5) is 0 Å². The molecule has 2 atom stereocenters. The molecule has 2 saturated heterocycles. The fraction of sp³-hybridized carbons (Fsp3) is 0.588. The molecule has 2 fully saturated rings. The van der Waals surface area contributed by atoms with Crippen LogP contribution in [0.1, 0.15) is 25.7 Å². The number of sulfonamides is 1. The van der Waals surface area contributed by atoms with Crippen LogP contribution < -0.4 is 10.6 Å². The van der Waals surface area contributed by atoms with Crippen molar-refractivity contribution in [2.24, 2.45) is 5.92 Å². The van der Waals surface area contributed by atoms with Crippen molar-refractivity contribution in [2.45, 2.75) is 36.6 Å². The van der Waals surface area contributed by atoms with E-state index < -0.39 is 16.1 Å². The van der Waals surface area contributed by atoms with Crippen molar-refractivity contribution in [3.63, 3.8) is 0 Å². The monoisotopic (exact) mass is 351 g/mol. The van der Waals surface area contributed by atoms with Crippen LogP contribution in [0.2, 0.25) is 0 Å². The minimum Gasteiger partial charge on any atom is -0.355 e. The maximum absolute atomic E-state index is 12.8. The number of nitrogens with one attached hydrogen (secondary N) is 2. The molecule has 7 heteroatoms. The van der Waals surface area contributed by atoms with Crippen LogP contribution in [0.15, 0.2) is 35.2 Å². The van der Waals surface area contributed by atoms with Crippen molar-refractivity contribution in [3.05, 3.63) is 30.3 Å². The zero-order valence-corrected chi connectivity index (χ0v) is 14.6. The molecule has 0 aromatic heterocycles. The van der Waals surface area contributed by atoms with E-state index in [-0.39, 0.29) is 10.8 Å². The van der Waals surface area contributed by atoms with Gasteiger partial charge in [0.25, 0.3) is 0 Å². The molecule has 0 bridgehead atoms. The third kappa shape index (κ3) is 3.79. The van der Waals surface area contributed by atoms with Gasteiger partial charge in [0.2, 0.25) is 15.9 Å². The SMILES string of the molecule is O=C(NCCC1CCNC1)C1CCCN1S(=O)(=O)c1ccccc1.